The van der Waals surface area contributed by atoms with E-state index < -0.39 is 54.9 Å². The fourth-order valence-corrected chi connectivity index (χ4v) is 0.618. The molecule has 0 aromatic carbocycles. The number of rotatable bonds is 9. The molecule has 0 unspecified atom stereocenters. The zero-order valence-corrected chi connectivity index (χ0v) is 18.5. The van der Waals surface area contributed by atoms with Gasteiger partial charge in [-0.25, -0.2) is 0 Å². The first kappa shape index (κ1) is 39.8. The predicted octanol–water partition coefficient (Wildman–Crippen LogP) is -1.45. The summed E-state index contributed by atoms with van der Waals surface area (Å²) in [5, 5.41) is 74.4. The highest BCUT2D eigenvalue weighted by molar-refractivity contribution is 5.66. The van der Waals surface area contributed by atoms with Crippen LogP contribution in [0.2, 0.25) is 0 Å². The summed E-state index contributed by atoms with van der Waals surface area (Å²) in [6, 6.07) is 0. The maximum atomic E-state index is 9.90. The van der Waals surface area contributed by atoms with Crippen LogP contribution >= 0.6 is 0 Å². The molecule has 0 radical (unpaired) electrons. The maximum Gasteiger partial charge on any atom is 0.303 e. The van der Waals surface area contributed by atoms with E-state index in [4.69, 9.17) is 46.0 Å². The summed E-state index contributed by atoms with van der Waals surface area (Å²) in [6.07, 6.45) is -5.95. The lowest BCUT2D eigenvalue weighted by molar-refractivity contribution is -0.137. The molecule has 9 N–H and O–H groups in total. The molecule has 0 rings (SSSR count). The summed E-state index contributed by atoms with van der Waals surface area (Å²) in [5.41, 5.74) is 0. The molecule has 0 saturated heterocycles. The Morgan fingerprint density at radius 1 is 0.625 bits per heavy atom. The highest BCUT2D eigenvalue weighted by atomic mass is 16.4. The summed E-state index contributed by atoms with van der Waals surface area (Å²) in [5.74, 6) is -2.98. The number of aliphatic hydroxyl groups excluding tert-OH is 5. The number of carboxylic acids is 4. The van der Waals surface area contributed by atoms with Crippen LogP contribution in [0.5, 0.6) is 0 Å². The van der Waals surface area contributed by atoms with E-state index in [1.165, 1.54) is 0 Å². The number of carboxylic acid groups (broad SMARTS) is 4. The van der Waals surface area contributed by atoms with Crippen molar-refractivity contribution in [3.63, 3.8) is 0 Å². The Kier molecular flexibility index (Phi) is 35.2. The van der Waals surface area contributed by atoms with E-state index in [-0.39, 0.29) is 32.0 Å². The molecule has 4 atom stereocenters. The average molecular weight is 476 g/mol. The number of aliphatic hydroxyl groups is 5. The van der Waals surface area contributed by atoms with E-state index in [0.717, 1.165) is 0 Å². The SMILES string of the molecule is CCC(=O)O.CCC(=O)O.CCC(=O)O.CCC(=O)O.O=C[C@H](O)[C@@H](O)[C@H](O)[C@H](O)CO. The topological polar surface area (TPSA) is 267 Å². The van der Waals surface area contributed by atoms with Gasteiger partial charge >= 0.3 is 23.9 Å². The Labute approximate surface area is 185 Å². The molecule has 0 aromatic rings. The second-order valence-corrected chi connectivity index (χ2v) is 5.35. The largest absolute Gasteiger partial charge is 0.481 e. The molecule has 0 aromatic heterocycles. The van der Waals surface area contributed by atoms with Crippen molar-refractivity contribution in [2.45, 2.75) is 77.8 Å². The van der Waals surface area contributed by atoms with Gasteiger partial charge < -0.3 is 50.8 Å². The molecule has 0 saturated carbocycles. The maximum absolute atomic E-state index is 9.90. The highest BCUT2D eigenvalue weighted by Crippen LogP contribution is 2.02. The fraction of sp³-hybridized carbons (Fsp3) is 0.722. The number of aliphatic carboxylic acids is 4. The lowest BCUT2D eigenvalue weighted by Crippen LogP contribution is -2.46. The van der Waals surface area contributed by atoms with Crippen LogP contribution < -0.4 is 0 Å². The van der Waals surface area contributed by atoms with Crippen molar-refractivity contribution in [3.8, 4) is 0 Å². The molecular weight excluding hydrogens is 440 g/mol. The van der Waals surface area contributed by atoms with E-state index >= 15 is 0 Å². The van der Waals surface area contributed by atoms with E-state index in [0.29, 0.717) is 0 Å². The van der Waals surface area contributed by atoms with Crippen LogP contribution in [0.4, 0.5) is 0 Å². The molecule has 14 heteroatoms. The lowest BCUT2D eigenvalue weighted by Gasteiger charge is -2.22. The molecule has 0 bridgehead atoms. The van der Waals surface area contributed by atoms with Gasteiger partial charge in [-0.15, -0.1) is 0 Å². The van der Waals surface area contributed by atoms with Gasteiger partial charge in [0.2, 0.25) is 0 Å². The van der Waals surface area contributed by atoms with Gasteiger partial charge in [0.05, 0.1) is 6.61 Å². The molecule has 0 heterocycles. The minimum Gasteiger partial charge on any atom is -0.481 e. The van der Waals surface area contributed by atoms with E-state index in [9.17, 15) is 24.0 Å². The van der Waals surface area contributed by atoms with Gasteiger partial charge in [0, 0.05) is 25.7 Å². The standard InChI is InChI=1S/C6H12O6.4C3H6O2/c7-1-3(9)5(11)6(12)4(10)2-8;4*1-2-3(4)5/h1,3-6,8-12H,2H2;4*2H2,1H3,(H,4,5)/t3-,4+,5+,6+;;;;/m0..../s1. The van der Waals surface area contributed by atoms with Gasteiger partial charge in [0.25, 0.3) is 0 Å². The van der Waals surface area contributed by atoms with Crippen LogP contribution in [0.15, 0.2) is 0 Å². The molecule has 14 nitrogen and oxygen atoms in total. The second kappa shape index (κ2) is 28.4. The Balaban J connectivity index is -0.000000103. The fourth-order valence-electron chi connectivity index (χ4n) is 0.618. The third-order valence-electron chi connectivity index (χ3n) is 2.63. The molecule has 192 valence electrons. The first-order valence-electron chi connectivity index (χ1n) is 9.28. The first-order chi connectivity index (χ1) is 14.6. The molecule has 0 spiro atoms. The average Bonchev–Trinajstić information content (AvgIpc) is 2.78. The highest BCUT2D eigenvalue weighted by Gasteiger charge is 2.29. The summed E-state index contributed by atoms with van der Waals surface area (Å²) in [4.78, 5) is 47.4. The molecular formula is C18H36O14. The Bertz CT molecular complexity index is 438. The zero-order chi connectivity index (χ0) is 26.9. The molecule has 0 fully saturated rings. The van der Waals surface area contributed by atoms with Crippen molar-refractivity contribution < 1.29 is 69.9 Å². The third kappa shape index (κ3) is 41.7. The number of carbonyl (C=O) groups excluding carboxylic acids is 1. The quantitative estimate of drug-likeness (QED) is 0.172. The molecule has 0 aliphatic heterocycles. The van der Waals surface area contributed by atoms with Gasteiger partial charge in [0.15, 0.2) is 6.29 Å². The number of hydrogen-bond acceptors (Lipinski definition) is 10. The second-order valence-electron chi connectivity index (χ2n) is 5.35. The predicted molar refractivity (Wildman–Crippen MR) is 109 cm³/mol. The normalized spacial score (nSPS) is 12.5. The number of carbonyl (C=O) groups is 5. The van der Waals surface area contributed by atoms with Crippen LogP contribution in [-0.4, -0.2) is 107 Å². The summed E-state index contributed by atoms with van der Waals surface area (Å²) >= 11 is 0. The van der Waals surface area contributed by atoms with Crippen LogP contribution in [0.25, 0.3) is 0 Å². The van der Waals surface area contributed by atoms with Crippen molar-refractivity contribution in [3.05, 3.63) is 0 Å². The van der Waals surface area contributed by atoms with Crippen LogP contribution in [0.3, 0.4) is 0 Å². The minimum absolute atomic E-state index is 0.0258. The lowest BCUT2D eigenvalue weighted by atomic mass is 10.0. The summed E-state index contributed by atoms with van der Waals surface area (Å²) < 4.78 is 0. The van der Waals surface area contributed by atoms with Gasteiger partial charge in [0.1, 0.15) is 24.4 Å². The van der Waals surface area contributed by atoms with Gasteiger partial charge in [-0.05, 0) is 0 Å². The Hall–Kier alpha value is -2.65. The van der Waals surface area contributed by atoms with Crippen LogP contribution in [0, 0.1) is 0 Å². The van der Waals surface area contributed by atoms with Crippen molar-refractivity contribution >= 4 is 30.2 Å². The third-order valence-corrected chi connectivity index (χ3v) is 2.63. The van der Waals surface area contributed by atoms with Crippen LogP contribution in [-0.2, 0) is 24.0 Å². The van der Waals surface area contributed by atoms with Crippen molar-refractivity contribution in [1.29, 1.82) is 0 Å². The molecule has 32 heavy (non-hydrogen) atoms. The van der Waals surface area contributed by atoms with Crippen molar-refractivity contribution in [1.82, 2.24) is 0 Å². The first-order valence-corrected chi connectivity index (χ1v) is 9.28. The van der Waals surface area contributed by atoms with Gasteiger partial charge in [-0.2, -0.15) is 0 Å². The Morgan fingerprint density at radius 2 is 0.844 bits per heavy atom. The minimum atomic E-state index is -1.79. The molecule has 0 amide bonds. The smallest absolute Gasteiger partial charge is 0.303 e. The zero-order valence-electron chi connectivity index (χ0n) is 18.5. The molecule has 0 aliphatic carbocycles. The van der Waals surface area contributed by atoms with E-state index in [1.807, 2.05) is 0 Å². The van der Waals surface area contributed by atoms with E-state index in [1.54, 1.807) is 27.7 Å². The van der Waals surface area contributed by atoms with Crippen molar-refractivity contribution in [2.24, 2.45) is 0 Å². The monoisotopic (exact) mass is 476 g/mol. The van der Waals surface area contributed by atoms with Crippen molar-refractivity contribution in [2.75, 3.05) is 6.61 Å². The number of hydrogen-bond donors (Lipinski definition) is 9. The van der Waals surface area contributed by atoms with Gasteiger partial charge in [-0.3, -0.25) is 19.2 Å². The summed E-state index contributed by atoms with van der Waals surface area (Å²) in [7, 11) is 0. The van der Waals surface area contributed by atoms with E-state index in [2.05, 4.69) is 0 Å². The summed E-state index contributed by atoms with van der Waals surface area (Å²) in [6.45, 7) is 5.64. The number of aldehydes is 1. The molecule has 0 aliphatic rings. The van der Waals surface area contributed by atoms with Crippen LogP contribution in [0.1, 0.15) is 53.4 Å². The Morgan fingerprint density at radius 3 is 0.969 bits per heavy atom. The van der Waals surface area contributed by atoms with Gasteiger partial charge in [-0.1, -0.05) is 27.7 Å².